The predicted molar refractivity (Wildman–Crippen MR) is 156 cm³/mol. The van der Waals surface area contributed by atoms with Crippen molar-refractivity contribution >= 4 is 22.6 Å². The Hall–Kier alpha value is -4.81. The molecular weight excluding hydrogens is 559 g/mol. The monoisotopic (exact) mass is 587 g/mol. The molecule has 0 spiro atoms. The summed E-state index contributed by atoms with van der Waals surface area (Å²) in [6.45, 7) is 3.56. The van der Waals surface area contributed by atoms with Crippen LogP contribution in [0.4, 0.5) is 18.9 Å². The summed E-state index contributed by atoms with van der Waals surface area (Å²) >= 11 is 0. The van der Waals surface area contributed by atoms with Gasteiger partial charge in [-0.1, -0.05) is 6.07 Å². The number of alkyl halides is 3. The number of aromatic nitrogens is 4. The van der Waals surface area contributed by atoms with Gasteiger partial charge in [-0.15, -0.1) is 0 Å². The summed E-state index contributed by atoms with van der Waals surface area (Å²) in [6, 6.07) is 15.5. The number of anilines is 1. The van der Waals surface area contributed by atoms with Gasteiger partial charge in [0.1, 0.15) is 11.3 Å². The maximum atomic E-state index is 13.8. The van der Waals surface area contributed by atoms with Gasteiger partial charge in [0.05, 0.1) is 11.1 Å². The SMILES string of the molecule is CN1CCN(Cc2cc(NC(=O)c3cccc(Oc4nc(-c5cccnc5)nc5cc[nH]c45)c3)cc(C(F)(F)F)c2)CC1. The van der Waals surface area contributed by atoms with Crippen molar-refractivity contribution in [1.82, 2.24) is 29.7 Å². The standard InChI is InChI=1S/C31H28F3N7O2/c1-40-10-12-41(13-11-40)19-20-14-23(31(32,33)34)17-24(15-20)37-29(42)21-4-2-6-25(16-21)43-30-27-26(7-9-36-27)38-28(39-30)22-5-3-8-35-18-22/h2-9,14-18,36H,10-13,19H2,1H3,(H,37,42). The van der Waals surface area contributed by atoms with Crippen LogP contribution in [0.5, 0.6) is 11.6 Å². The van der Waals surface area contributed by atoms with Gasteiger partial charge in [-0.3, -0.25) is 14.7 Å². The Bertz CT molecular complexity index is 1750. The maximum absolute atomic E-state index is 13.8. The summed E-state index contributed by atoms with van der Waals surface area (Å²) in [5, 5.41) is 2.64. The van der Waals surface area contributed by atoms with Crippen LogP contribution in [0.1, 0.15) is 21.5 Å². The van der Waals surface area contributed by atoms with Crippen molar-refractivity contribution in [2.75, 3.05) is 38.5 Å². The average molecular weight is 588 g/mol. The van der Waals surface area contributed by atoms with E-state index in [9.17, 15) is 18.0 Å². The Morgan fingerprint density at radius 1 is 1.02 bits per heavy atom. The number of pyridine rings is 1. The van der Waals surface area contributed by atoms with Gasteiger partial charge < -0.3 is 19.9 Å². The fourth-order valence-corrected chi connectivity index (χ4v) is 4.91. The first-order valence-corrected chi connectivity index (χ1v) is 13.7. The fraction of sp³-hybridized carbons (Fsp3) is 0.226. The molecule has 0 radical (unpaired) electrons. The molecule has 12 heteroatoms. The van der Waals surface area contributed by atoms with Crippen LogP contribution >= 0.6 is 0 Å². The lowest BCUT2D eigenvalue weighted by Crippen LogP contribution is -2.43. The molecule has 0 aliphatic carbocycles. The molecule has 1 fully saturated rings. The van der Waals surface area contributed by atoms with Crippen LogP contribution in [0.2, 0.25) is 0 Å². The normalized spacial score (nSPS) is 14.6. The Labute approximate surface area is 245 Å². The smallest absolute Gasteiger partial charge is 0.416 e. The Morgan fingerprint density at radius 3 is 2.63 bits per heavy atom. The largest absolute Gasteiger partial charge is 0.437 e. The van der Waals surface area contributed by atoms with Gasteiger partial charge in [0.2, 0.25) is 5.88 Å². The van der Waals surface area contributed by atoms with Gasteiger partial charge in [0.15, 0.2) is 5.82 Å². The molecule has 2 N–H and O–H groups in total. The van der Waals surface area contributed by atoms with E-state index < -0.39 is 17.6 Å². The van der Waals surface area contributed by atoms with Gasteiger partial charge in [-0.25, -0.2) is 4.98 Å². The minimum atomic E-state index is -4.55. The molecule has 0 atom stereocenters. The molecular formula is C31H28F3N7O2. The minimum absolute atomic E-state index is 0.0697. The highest BCUT2D eigenvalue weighted by Crippen LogP contribution is 2.33. The summed E-state index contributed by atoms with van der Waals surface area (Å²) < 4.78 is 47.4. The lowest BCUT2D eigenvalue weighted by molar-refractivity contribution is -0.137. The first-order chi connectivity index (χ1) is 20.7. The number of hydrogen-bond acceptors (Lipinski definition) is 7. The van der Waals surface area contributed by atoms with Crippen molar-refractivity contribution in [3.05, 3.63) is 95.9 Å². The number of aromatic amines is 1. The fourth-order valence-electron chi connectivity index (χ4n) is 4.91. The summed E-state index contributed by atoms with van der Waals surface area (Å²) in [7, 11) is 2.02. The summed E-state index contributed by atoms with van der Waals surface area (Å²) in [6.07, 6.45) is 0.462. The van der Waals surface area contributed by atoms with Crippen molar-refractivity contribution in [1.29, 1.82) is 0 Å². The van der Waals surface area contributed by atoms with Crippen LogP contribution in [0.25, 0.3) is 22.4 Å². The molecule has 9 nitrogen and oxygen atoms in total. The number of nitrogens with zero attached hydrogens (tertiary/aromatic N) is 5. The third kappa shape index (κ3) is 6.65. The highest BCUT2D eigenvalue weighted by atomic mass is 19.4. The predicted octanol–water partition coefficient (Wildman–Crippen LogP) is 5.83. The summed E-state index contributed by atoms with van der Waals surface area (Å²) in [5.74, 6) is 0.414. The van der Waals surface area contributed by atoms with E-state index in [-0.39, 0.29) is 17.1 Å². The van der Waals surface area contributed by atoms with E-state index in [2.05, 4.69) is 35.1 Å². The number of H-pyrrole nitrogens is 1. The van der Waals surface area contributed by atoms with Gasteiger partial charge in [-0.05, 0) is 67.2 Å². The molecule has 1 aliphatic rings. The van der Waals surface area contributed by atoms with E-state index in [0.717, 1.165) is 38.3 Å². The highest BCUT2D eigenvalue weighted by molar-refractivity contribution is 6.04. The zero-order valence-corrected chi connectivity index (χ0v) is 23.2. The number of rotatable bonds is 7. The topological polar surface area (TPSA) is 99.3 Å². The molecule has 1 amide bonds. The molecule has 0 unspecified atom stereocenters. The van der Waals surface area contributed by atoms with Crippen molar-refractivity contribution in [3.63, 3.8) is 0 Å². The zero-order valence-electron chi connectivity index (χ0n) is 23.2. The first kappa shape index (κ1) is 28.3. The molecule has 1 saturated heterocycles. The van der Waals surface area contributed by atoms with Crippen molar-refractivity contribution in [3.8, 4) is 23.0 Å². The van der Waals surface area contributed by atoms with Gasteiger partial charge in [-0.2, -0.15) is 18.2 Å². The zero-order chi connectivity index (χ0) is 30.0. The number of carbonyl (C=O) groups excluding carboxylic acids is 1. The van der Waals surface area contributed by atoms with Crippen molar-refractivity contribution in [2.45, 2.75) is 12.7 Å². The lowest BCUT2D eigenvalue weighted by atomic mass is 10.1. The van der Waals surface area contributed by atoms with Crippen molar-refractivity contribution in [2.24, 2.45) is 0 Å². The number of carbonyl (C=O) groups is 1. The van der Waals surface area contributed by atoms with Gasteiger partial charge >= 0.3 is 6.18 Å². The molecule has 1 aliphatic heterocycles. The number of hydrogen-bond donors (Lipinski definition) is 2. The number of amides is 1. The quantitative estimate of drug-likeness (QED) is 0.247. The third-order valence-corrected chi connectivity index (χ3v) is 7.18. The number of nitrogens with one attached hydrogen (secondary N) is 2. The Kier molecular flexibility index (Phi) is 7.78. The molecule has 43 heavy (non-hydrogen) atoms. The number of fused-ring (bicyclic) bond motifs is 1. The average Bonchev–Trinajstić information content (AvgIpc) is 3.48. The lowest BCUT2D eigenvalue weighted by Gasteiger charge is -2.32. The van der Waals surface area contributed by atoms with Gasteiger partial charge in [0, 0.05) is 68.1 Å². The van der Waals surface area contributed by atoms with E-state index in [1.807, 2.05) is 13.1 Å². The molecule has 2 aromatic carbocycles. The number of likely N-dealkylation sites (N-methyl/N-ethyl adjacent to an activating group) is 1. The minimum Gasteiger partial charge on any atom is -0.437 e. The number of ether oxygens (including phenoxy) is 1. The number of piperazine rings is 1. The Morgan fingerprint density at radius 2 is 1.86 bits per heavy atom. The van der Waals surface area contributed by atoms with Gasteiger partial charge in [0.25, 0.3) is 5.91 Å². The molecule has 0 bridgehead atoms. The van der Waals surface area contributed by atoms with Crippen molar-refractivity contribution < 1.29 is 22.7 Å². The summed E-state index contributed by atoms with van der Waals surface area (Å²) in [4.78, 5) is 33.8. The third-order valence-electron chi connectivity index (χ3n) is 7.18. The second-order valence-electron chi connectivity index (χ2n) is 10.4. The number of halogens is 3. The molecule has 0 saturated carbocycles. The van der Waals surface area contributed by atoms with Crippen LogP contribution < -0.4 is 10.1 Å². The number of benzene rings is 2. The van der Waals surface area contributed by atoms with E-state index in [1.165, 1.54) is 6.07 Å². The van der Waals surface area contributed by atoms with Crippen LogP contribution in [-0.4, -0.2) is 68.9 Å². The first-order valence-electron chi connectivity index (χ1n) is 13.7. The Balaban J connectivity index is 1.23. The highest BCUT2D eigenvalue weighted by Gasteiger charge is 2.31. The van der Waals surface area contributed by atoms with E-state index in [1.54, 1.807) is 55.0 Å². The van der Waals surface area contributed by atoms with E-state index in [4.69, 9.17) is 4.74 Å². The second kappa shape index (κ2) is 11.8. The summed E-state index contributed by atoms with van der Waals surface area (Å²) in [5.41, 5.74) is 1.86. The maximum Gasteiger partial charge on any atom is 0.416 e. The molecule has 6 rings (SSSR count). The molecule has 5 aromatic rings. The molecule has 3 aromatic heterocycles. The van der Waals surface area contributed by atoms with Crippen LogP contribution in [0, 0.1) is 0 Å². The second-order valence-corrected chi connectivity index (χ2v) is 10.4. The van der Waals surface area contributed by atoms with Crippen LogP contribution in [0.15, 0.2) is 79.3 Å². The van der Waals surface area contributed by atoms with E-state index >= 15 is 0 Å². The van der Waals surface area contributed by atoms with Crippen LogP contribution in [0.3, 0.4) is 0 Å². The molecule has 220 valence electrons. The molecule has 4 heterocycles. The van der Waals surface area contributed by atoms with E-state index in [0.29, 0.717) is 40.3 Å². The van der Waals surface area contributed by atoms with Crippen LogP contribution in [-0.2, 0) is 12.7 Å².